The first kappa shape index (κ1) is 18.3. The van der Waals surface area contributed by atoms with E-state index in [0.717, 1.165) is 45.2 Å². The monoisotopic (exact) mass is 394 g/mol. The number of imide groups is 1. The van der Waals surface area contributed by atoms with Crippen LogP contribution < -0.4 is 10.1 Å². The number of carbonyl (C=O) groups excluding carboxylic acids is 2. The number of amides is 2. The van der Waals surface area contributed by atoms with Crippen molar-refractivity contribution in [1.82, 2.24) is 10.3 Å². The molecule has 1 N–H and O–H groups in total. The SMILES string of the molecule is CCOc1c(C)cc(-c2cncc3cc(/C=C4\SC(=O)NC4=O)oc23)cc1C. The molecule has 2 amide bonds. The highest BCUT2D eigenvalue weighted by Crippen LogP contribution is 2.35. The van der Waals surface area contributed by atoms with Gasteiger partial charge in [-0.2, -0.15) is 0 Å². The van der Waals surface area contributed by atoms with E-state index in [1.165, 1.54) is 0 Å². The van der Waals surface area contributed by atoms with E-state index in [0.29, 0.717) is 22.9 Å². The number of ether oxygens (including phenoxy) is 1. The number of hydrogen-bond donors (Lipinski definition) is 1. The minimum atomic E-state index is -0.411. The van der Waals surface area contributed by atoms with Gasteiger partial charge in [-0.3, -0.25) is 19.9 Å². The molecule has 28 heavy (non-hydrogen) atoms. The summed E-state index contributed by atoms with van der Waals surface area (Å²) in [6.45, 7) is 6.61. The van der Waals surface area contributed by atoms with Crippen LogP contribution in [0.3, 0.4) is 0 Å². The number of aryl methyl sites for hydroxylation is 2. The molecule has 0 unspecified atom stereocenters. The molecule has 1 saturated heterocycles. The lowest BCUT2D eigenvalue weighted by molar-refractivity contribution is -0.115. The van der Waals surface area contributed by atoms with E-state index >= 15 is 0 Å². The Labute approximate surface area is 166 Å². The van der Waals surface area contributed by atoms with Gasteiger partial charge in [-0.25, -0.2) is 0 Å². The molecule has 1 aliphatic heterocycles. The number of rotatable bonds is 4. The molecule has 4 rings (SSSR count). The van der Waals surface area contributed by atoms with Gasteiger partial charge in [-0.1, -0.05) is 0 Å². The summed E-state index contributed by atoms with van der Waals surface area (Å²) in [6.07, 6.45) is 5.05. The van der Waals surface area contributed by atoms with Crippen LogP contribution in [-0.2, 0) is 4.79 Å². The maximum atomic E-state index is 11.8. The summed E-state index contributed by atoms with van der Waals surface area (Å²) in [5, 5.41) is 2.68. The zero-order valence-corrected chi connectivity index (χ0v) is 16.5. The molecule has 0 aliphatic carbocycles. The van der Waals surface area contributed by atoms with Crippen molar-refractivity contribution in [3.05, 3.63) is 52.4 Å². The third-order valence-corrected chi connectivity index (χ3v) is 5.23. The topological polar surface area (TPSA) is 81.4 Å². The van der Waals surface area contributed by atoms with E-state index in [2.05, 4.69) is 10.3 Å². The number of fused-ring (bicyclic) bond motifs is 1. The molecule has 2 aromatic heterocycles. The predicted octanol–water partition coefficient (Wildman–Crippen LogP) is 4.83. The van der Waals surface area contributed by atoms with E-state index in [1.807, 2.05) is 39.0 Å². The Hall–Kier alpha value is -3.06. The van der Waals surface area contributed by atoms with Crippen molar-refractivity contribution in [2.24, 2.45) is 0 Å². The summed E-state index contributed by atoms with van der Waals surface area (Å²) >= 11 is 0.861. The lowest BCUT2D eigenvalue weighted by Crippen LogP contribution is -2.17. The van der Waals surface area contributed by atoms with Crippen LogP contribution in [0, 0.1) is 13.8 Å². The fourth-order valence-electron chi connectivity index (χ4n) is 3.29. The molecule has 1 aliphatic rings. The molecule has 0 bridgehead atoms. The molecular weight excluding hydrogens is 376 g/mol. The zero-order valence-electron chi connectivity index (χ0n) is 15.7. The van der Waals surface area contributed by atoms with Gasteiger partial charge in [-0.15, -0.1) is 0 Å². The number of benzene rings is 1. The number of furan rings is 1. The van der Waals surface area contributed by atoms with Gasteiger partial charge in [0.25, 0.3) is 11.1 Å². The number of aromatic nitrogens is 1. The van der Waals surface area contributed by atoms with Gasteiger partial charge in [0.15, 0.2) is 0 Å². The predicted molar refractivity (Wildman–Crippen MR) is 109 cm³/mol. The van der Waals surface area contributed by atoms with Crippen molar-refractivity contribution in [3.8, 4) is 16.9 Å². The Kier molecular flexibility index (Phi) is 4.68. The molecule has 6 nitrogen and oxygen atoms in total. The average molecular weight is 394 g/mol. The molecule has 1 fully saturated rings. The number of pyridine rings is 1. The second-order valence-corrected chi connectivity index (χ2v) is 7.49. The average Bonchev–Trinajstić information content (AvgIpc) is 3.19. The minimum absolute atomic E-state index is 0.311. The fraction of sp³-hybridized carbons (Fsp3) is 0.190. The summed E-state index contributed by atoms with van der Waals surface area (Å²) < 4.78 is 11.7. The van der Waals surface area contributed by atoms with Crippen molar-refractivity contribution in [3.63, 3.8) is 0 Å². The Bertz CT molecular complexity index is 1120. The highest BCUT2D eigenvalue weighted by Gasteiger charge is 2.25. The number of hydrogen-bond acceptors (Lipinski definition) is 6. The third-order valence-electron chi connectivity index (χ3n) is 4.42. The second-order valence-electron chi connectivity index (χ2n) is 6.48. The smallest absolute Gasteiger partial charge is 0.290 e. The summed E-state index contributed by atoms with van der Waals surface area (Å²) in [6, 6.07) is 5.91. The van der Waals surface area contributed by atoms with Crippen molar-refractivity contribution in [2.45, 2.75) is 20.8 Å². The van der Waals surface area contributed by atoms with Crippen LogP contribution in [0.25, 0.3) is 28.2 Å². The fourth-order valence-corrected chi connectivity index (χ4v) is 3.95. The van der Waals surface area contributed by atoms with Crippen LogP contribution in [0.1, 0.15) is 23.8 Å². The molecule has 3 aromatic rings. The van der Waals surface area contributed by atoms with Gasteiger partial charge in [-0.05, 0) is 67.4 Å². The summed E-state index contributed by atoms with van der Waals surface area (Å²) in [5.74, 6) is 0.979. The second kappa shape index (κ2) is 7.16. The minimum Gasteiger partial charge on any atom is -0.493 e. The lowest BCUT2D eigenvalue weighted by atomic mass is 10.00. The number of thioether (sulfide) groups is 1. The van der Waals surface area contributed by atoms with Gasteiger partial charge in [0.2, 0.25) is 0 Å². The van der Waals surface area contributed by atoms with E-state index in [1.54, 1.807) is 18.5 Å². The first-order chi connectivity index (χ1) is 13.5. The largest absolute Gasteiger partial charge is 0.493 e. The van der Waals surface area contributed by atoms with Gasteiger partial charge in [0.1, 0.15) is 17.1 Å². The van der Waals surface area contributed by atoms with E-state index < -0.39 is 5.91 Å². The van der Waals surface area contributed by atoms with Crippen LogP contribution in [0.15, 0.2) is 39.9 Å². The number of nitrogens with zero attached hydrogens (tertiary/aromatic N) is 1. The third kappa shape index (κ3) is 3.29. The lowest BCUT2D eigenvalue weighted by Gasteiger charge is -2.13. The first-order valence-corrected chi connectivity index (χ1v) is 9.64. The van der Waals surface area contributed by atoms with E-state index in [4.69, 9.17) is 9.15 Å². The van der Waals surface area contributed by atoms with Crippen LogP contribution in [0.2, 0.25) is 0 Å². The maximum Gasteiger partial charge on any atom is 0.290 e. The summed E-state index contributed by atoms with van der Waals surface area (Å²) in [5.41, 5.74) is 4.60. The molecule has 142 valence electrons. The van der Waals surface area contributed by atoms with Crippen LogP contribution in [0.5, 0.6) is 5.75 Å². The molecule has 1 aromatic carbocycles. The van der Waals surface area contributed by atoms with Gasteiger partial charge < -0.3 is 9.15 Å². The summed E-state index contributed by atoms with van der Waals surface area (Å²) in [4.78, 5) is 27.7. The van der Waals surface area contributed by atoms with Crippen molar-refractivity contribution >= 4 is 40.0 Å². The Morgan fingerprint density at radius 3 is 2.57 bits per heavy atom. The summed E-state index contributed by atoms with van der Waals surface area (Å²) in [7, 11) is 0. The molecule has 0 spiro atoms. The van der Waals surface area contributed by atoms with Crippen LogP contribution in [-0.4, -0.2) is 22.7 Å². The molecule has 0 radical (unpaired) electrons. The van der Waals surface area contributed by atoms with Gasteiger partial charge in [0.05, 0.1) is 11.5 Å². The molecular formula is C21H18N2O4S. The van der Waals surface area contributed by atoms with Gasteiger partial charge >= 0.3 is 0 Å². The quantitative estimate of drug-likeness (QED) is 0.638. The van der Waals surface area contributed by atoms with E-state index in [9.17, 15) is 9.59 Å². The molecule has 7 heteroatoms. The molecule has 0 saturated carbocycles. The molecule has 0 atom stereocenters. The standard InChI is InChI=1S/C21H18N2O4S/c1-4-26-18-11(2)5-13(6-12(18)3)16-10-22-9-14-7-15(27-19(14)16)8-17-20(24)23-21(25)28-17/h5-10H,4H2,1-3H3,(H,23,24,25)/b17-8-. The Balaban J connectivity index is 1.79. The maximum absolute atomic E-state index is 11.8. The van der Waals surface area contributed by atoms with E-state index in [-0.39, 0.29) is 5.24 Å². The van der Waals surface area contributed by atoms with Gasteiger partial charge in [0, 0.05) is 29.4 Å². The van der Waals surface area contributed by atoms with Crippen molar-refractivity contribution in [2.75, 3.05) is 6.61 Å². The Morgan fingerprint density at radius 2 is 1.93 bits per heavy atom. The highest BCUT2D eigenvalue weighted by atomic mass is 32.2. The Morgan fingerprint density at radius 1 is 1.18 bits per heavy atom. The van der Waals surface area contributed by atoms with Crippen molar-refractivity contribution in [1.29, 1.82) is 0 Å². The van der Waals surface area contributed by atoms with Crippen LogP contribution in [0.4, 0.5) is 4.79 Å². The number of carbonyl (C=O) groups is 2. The van der Waals surface area contributed by atoms with Crippen molar-refractivity contribution < 1.29 is 18.7 Å². The zero-order chi connectivity index (χ0) is 19.8. The highest BCUT2D eigenvalue weighted by molar-refractivity contribution is 8.18. The number of nitrogens with one attached hydrogen (secondary N) is 1. The normalized spacial score (nSPS) is 15.5. The molecule has 3 heterocycles. The first-order valence-electron chi connectivity index (χ1n) is 8.83. The van der Waals surface area contributed by atoms with Crippen LogP contribution >= 0.6 is 11.8 Å².